The van der Waals surface area contributed by atoms with Crippen LogP contribution in [-0.4, -0.2) is 18.9 Å². The van der Waals surface area contributed by atoms with Gasteiger partial charge in [-0.05, 0) is 23.8 Å². The second-order valence-corrected chi connectivity index (χ2v) is 4.48. The zero-order chi connectivity index (χ0) is 15.9. The first kappa shape index (κ1) is 15.2. The Hall–Kier alpha value is -3.19. The van der Waals surface area contributed by atoms with Gasteiger partial charge in [-0.25, -0.2) is 4.79 Å². The van der Waals surface area contributed by atoms with E-state index in [0.29, 0.717) is 16.7 Å². The lowest BCUT2D eigenvalue weighted by Gasteiger charge is -2.01. The Bertz CT molecular complexity index is 753. The van der Waals surface area contributed by atoms with Crippen LogP contribution < -0.4 is 0 Å². The van der Waals surface area contributed by atoms with Crippen LogP contribution in [0, 0.1) is 11.3 Å². The van der Waals surface area contributed by atoms with Gasteiger partial charge in [-0.2, -0.15) is 5.26 Å². The van der Waals surface area contributed by atoms with Gasteiger partial charge < -0.3 is 4.74 Å². The number of ketones is 1. The monoisotopic (exact) mass is 291 g/mol. The third kappa shape index (κ3) is 3.47. The van der Waals surface area contributed by atoms with Crippen LogP contribution in [0.4, 0.5) is 0 Å². The normalized spacial score (nSPS) is 10.6. The van der Waals surface area contributed by atoms with Crippen LogP contribution in [-0.2, 0) is 4.74 Å². The van der Waals surface area contributed by atoms with Crippen molar-refractivity contribution >= 4 is 17.8 Å². The van der Waals surface area contributed by atoms with Crippen molar-refractivity contribution in [2.75, 3.05) is 7.11 Å². The van der Waals surface area contributed by atoms with Gasteiger partial charge in [0.25, 0.3) is 0 Å². The van der Waals surface area contributed by atoms with E-state index in [0.717, 1.165) is 0 Å². The van der Waals surface area contributed by atoms with Gasteiger partial charge in [0, 0.05) is 5.56 Å². The summed E-state index contributed by atoms with van der Waals surface area (Å²) < 4.78 is 4.61. The number of nitrogens with zero attached hydrogens (tertiary/aromatic N) is 1. The Morgan fingerprint density at radius 3 is 2.18 bits per heavy atom. The third-order valence-electron chi connectivity index (χ3n) is 3.04. The number of hydrogen-bond donors (Lipinski definition) is 0. The van der Waals surface area contributed by atoms with Crippen molar-refractivity contribution < 1.29 is 14.3 Å². The molecule has 22 heavy (non-hydrogen) atoms. The first-order valence-corrected chi connectivity index (χ1v) is 6.55. The van der Waals surface area contributed by atoms with Crippen molar-refractivity contribution in [3.05, 3.63) is 76.9 Å². The van der Waals surface area contributed by atoms with Crippen LogP contribution in [0.3, 0.4) is 0 Å². The number of methoxy groups -OCH3 is 1. The predicted octanol–water partition coefficient (Wildman–Crippen LogP) is 3.26. The second-order valence-electron chi connectivity index (χ2n) is 4.48. The number of rotatable bonds is 4. The highest BCUT2D eigenvalue weighted by atomic mass is 16.5. The van der Waals surface area contributed by atoms with E-state index in [4.69, 9.17) is 0 Å². The molecule has 4 heteroatoms. The van der Waals surface area contributed by atoms with E-state index in [1.54, 1.807) is 54.6 Å². The average Bonchev–Trinajstić information content (AvgIpc) is 2.59. The largest absolute Gasteiger partial charge is 0.465 e. The minimum Gasteiger partial charge on any atom is -0.465 e. The van der Waals surface area contributed by atoms with Gasteiger partial charge in [0.1, 0.15) is 11.6 Å². The van der Waals surface area contributed by atoms with E-state index in [-0.39, 0.29) is 11.4 Å². The lowest BCUT2D eigenvalue weighted by atomic mass is 10.0. The van der Waals surface area contributed by atoms with Gasteiger partial charge in [0.15, 0.2) is 0 Å². The summed E-state index contributed by atoms with van der Waals surface area (Å²) in [5.41, 5.74) is 1.57. The molecule has 4 nitrogen and oxygen atoms in total. The fourth-order valence-corrected chi connectivity index (χ4v) is 1.89. The molecule has 2 aromatic rings. The molecular weight excluding hydrogens is 278 g/mol. The minimum atomic E-state index is -0.434. The first-order valence-electron chi connectivity index (χ1n) is 6.55. The van der Waals surface area contributed by atoms with Crippen LogP contribution in [0.15, 0.2) is 60.2 Å². The molecule has 0 aliphatic carbocycles. The SMILES string of the molecule is COC(=O)c1ccc(/C=C(\C#N)C(=O)c2ccccc2)cc1. The van der Waals surface area contributed by atoms with E-state index >= 15 is 0 Å². The molecule has 0 unspecified atom stereocenters. The summed E-state index contributed by atoms with van der Waals surface area (Å²) in [7, 11) is 1.31. The number of nitriles is 1. The molecule has 0 bridgehead atoms. The van der Waals surface area contributed by atoms with Crippen molar-refractivity contribution in [1.29, 1.82) is 5.26 Å². The highest BCUT2D eigenvalue weighted by Gasteiger charge is 2.11. The number of esters is 1. The molecule has 2 aromatic carbocycles. The van der Waals surface area contributed by atoms with E-state index in [2.05, 4.69) is 4.74 Å². The van der Waals surface area contributed by atoms with Gasteiger partial charge in [-0.15, -0.1) is 0 Å². The molecule has 0 saturated heterocycles. The molecule has 0 saturated carbocycles. The molecule has 0 heterocycles. The van der Waals surface area contributed by atoms with Crippen LogP contribution in [0.1, 0.15) is 26.3 Å². The molecule has 108 valence electrons. The summed E-state index contributed by atoms with van der Waals surface area (Å²) in [5.74, 6) is -0.767. The number of allylic oxidation sites excluding steroid dienone is 1. The average molecular weight is 291 g/mol. The Morgan fingerprint density at radius 2 is 1.64 bits per heavy atom. The standard InChI is InChI=1S/C18H13NO3/c1-22-18(21)15-9-7-13(8-10-15)11-16(12-19)17(20)14-5-3-2-4-6-14/h2-11H,1H3/b16-11+. The summed E-state index contributed by atoms with van der Waals surface area (Å²) in [5, 5.41) is 9.19. The van der Waals surface area contributed by atoms with E-state index < -0.39 is 5.97 Å². The van der Waals surface area contributed by atoms with Gasteiger partial charge >= 0.3 is 5.97 Å². The summed E-state index contributed by atoms with van der Waals surface area (Å²) in [6.07, 6.45) is 1.50. The fraction of sp³-hybridized carbons (Fsp3) is 0.0556. The second kappa shape index (κ2) is 7.00. The number of carbonyl (C=O) groups excluding carboxylic acids is 2. The molecular formula is C18H13NO3. The zero-order valence-corrected chi connectivity index (χ0v) is 11.9. The van der Waals surface area contributed by atoms with E-state index in [1.165, 1.54) is 13.2 Å². The maximum atomic E-state index is 12.2. The van der Waals surface area contributed by atoms with Gasteiger partial charge in [0.05, 0.1) is 12.7 Å². The Labute approximate surface area is 128 Å². The van der Waals surface area contributed by atoms with Crippen LogP contribution in [0.5, 0.6) is 0 Å². The summed E-state index contributed by atoms with van der Waals surface area (Å²) in [4.78, 5) is 23.6. The number of ether oxygens (including phenoxy) is 1. The summed E-state index contributed by atoms with van der Waals surface area (Å²) in [6.45, 7) is 0. The molecule has 0 amide bonds. The zero-order valence-electron chi connectivity index (χ0n) is 11.9. The molecule has 0 radical (unpaired) electrons. The molecule has 0 aliphatic heterocycles. The Balaban J connectivity index is 2.28. The smallest absolute Gasteiger partial charge is 0.337 e. The minimum absolute atomic E-state index is 0.0389. The van der Waals surface area contributed by atoms with Crippen LogP contribution in [0.2, 0.25) is 0 Å². The van der Waals surface area contributed by atoms with Crippen molar-refractivity contribution in [3.8, 4) is 6.07 Å². The lowest BCUT2D eigenvalue weighted by Crippen LogP contribution is -2.02. The van der Waals surface area contributed by atoms with Crippen molar-refractivity contribution in [1.82, 2.24) is 0 Å². The molecule has 0 fully saturated rings. The van der Waals surface area contributed by atoms with Gasteiger partial charge in [-0.1, -0.05) is 42.5 Å². The van der Waals surface area contributed by atoms with Crippen LogP contribution >= 0.6 is 0 Å². The summed E-state index contributed by atoms with van der Waals surface area (Å²) in [6, 6.07) is 17.0. The van der Waals surface area contributed by atoms with E-state index in [9.17, 15) is 14.9 Å². The topological polar surface area (TPSA) is 67.2 Å². The van der Waals surface area contributed by atoms with Crippen molar-refractivity contribution in [3.63, 3.8) is 0 Å². The Kier molecular flexibility index (Phi) is 4.84. The van der Waals surface area contributed by atoms with Gasteiger partial charge in [0.2, 0.25) is 5.78 Å². The highest BCUT2D eigenvalue weighted by Crippen LogP contribution is 2.13. The van der Waals surface area contributed by atoms with Crippen LogP contribution in [0.25, 0.3) is 6.08 Å². The maximum Gasteiger partial charge on any atom is 0.337 e. The quantitative estimate of drug-likeness (QED) is 0.375. The number of carbonyl (C=O) groups is 2. The fourth-order valence-electron chi connectivity index (χ4n) is 1.89. The first-order chi connectivity index (χ1) is 10.7. The maximum absolute atomic E-state index is 12.2. The molecule has 0 spiro atoms. The Morgan fingerprint density at radius 1 is 1.00 bits per heavy atom. The lowest BCUT2D eigenvalue weighted by molar-refractivity contribution is 0.0600. The molecule has 0 atom stereocenters. The van der Waals surface area contributed by atoms with Crippen molar-refractivity contribution in [2.45, 2.75) is 0 Å². The van der Waals surface area contributed by atoms with Crippen molar-refractivity contribution in [2.24, 2.45) is 0 Å². The highest BCUT2D eigenvalue weighted by molar-refractivity contribution is 6.14. The summed E-state index contributed by atoms with van der Waals surface area (Å²) >= 11 is 0. The number of benzene rings is 2. The number of Topliss-reactive ketones (excluding diaryl/α,β-unsaturated/α-hetero) is 1. The molecule has 0 aromatic heterocycles. The molecule has 2 rings (SSSR count). The van der Waals surface area contributed by atoms with Gasteiger partial charge in [-0.3, -0.25) is 4.79 Å². The number of hydrogen-bond acceptors (Lipinski definition) is 4. The molecule has 0 N–H and O–H groups in total. The van der Waals surface area contributed by atoms with E-state index in [1.807, 2.05) is 6.07 Å². The third-order valence-corrected chi connectivity index (χ3v) is 3.04. The predicted molar refractivity (Wildman–Crippen MR) is 82.1 cm³/mol. The molecule has 0 aliphatic rings.